The van der Waals surface area contributed by atoms with Gasteiger partial charge in [0.2, 0.25) is 0 Å². The molecular weight excluding hydrogens is 386 g/mol. The fourth-order valence-electron chi connectivity index (χ4n) is 3.11. The van der Waals surface area contributed by atoms with E-state index in [1.807, 2.05) is 18.2 Å². The number of benzene rings is 1. The van der Waals surface area contributed by atoms with Gasteiger partial charge in [0.1, 0.15) is 5.52 Å². The van der Waals surface area contributed by atoms with Gasteiger partial charge in [-0.3, -0.25) is 14.6 Å². The molecule has 0 aliphatic carbocycles. The Morgan fingerprint density at radius 3 is 2.85 bits per heavy atom. The van der Waals surface area contributed by atoms with Gasteiger partial charge in [-0.2, -0.15) is 0 Å². The summed E-state index contributed by atoms with van der Waals surface area (Å²) in [6, 6.07) is 9.06. The van der Waals surface area contributed by atoms with Gasteiger partial charge in [-0.1, -0.05) is 29.0 Å². The van der Waals surface area contributed by atoms with Gasteiger partial charge in [-0.25, -0.2) is 4.98 Å². The number of halogens is 1. The number of hydrogen-bond acceptors (Lipinski definition) is 6. The zero-order chi connectivity index (χ0) is 18.6. The van der Waals surface area contributed by atoms with E-state index in [2.05, 4.69) is 9.88 Å². The van der Waals surface area contributed by atoms with Crippen LogP contribution in [0.3, 0.4) is 0 Å². The normalized spacial score (nSPS) is 15.3. The summed E-state index contributed by atoms with van der Waals surface area (Å²) in [4.78, 5) is 21.7. The van der Waals surface area contributed by atoms with Gasteiger partial charge in [0.05, 0.1) is 29.2 Å². The van der Waals surface area contributed by atoms with Crippen LogP contribution >= 0.6 is 22.9 Å². The van der Waals surface area contributed by atoms with Gasteiger partial charge in [0, 0.05) is 26.2 Å². The van der Waals surface area contributed by atoms with E-state index in [0.29, 0.717) is 22.5 Å². The third-order valence-corrected chi connectivity index (χ3v) is 5.87. The first-order valence-corrected chi connectivity index (χ1v) is 10.1. The average Bonchev–Trinajstić information content (AvgIpc) is 3.36. The van der Waals surface area contributed by atoms with Crippen molar-refractivity contribution in [3.05, 3.63) is 47.4 Å². The third-order valence-electron chi connectivity index (χ3n) is 4.53. The standard InChI is InChI=1S/C19H20ClN3O3S/c20-14-4-1-6-16-17(14)21-19(27-16)23(18(24)15-5-2-11-26-15)8-3-7-22-9-12-25-13-10-22/h1-2,4-6,11H,3,7-10,12-13H2. The summed E-state index contributed by atoms with van der Waals surface area (Å²) in [6.45, 7) is 4.88. The van der Waals surface area contributed by atoms with Gasteiger partial charge in [-0.15, -0.1) is 0 Å². The lowest BCUT2D eigenvalue weighted by atomic mass is 10.3. The summed E-state index contributed by atoms with van der Waals surface area (Å²) in [6.07, 6.45) is 2.35. The third kappa shape index (κ3) is 4.16. The molecule has 0 spiro atoms. The van der Waals surface area contributed by atoms with Gasteiger partial charge in [0.15, 0.2) is 10.9 Å². The van der Waals surface area contributed by atoms with Crippen molar-refractivity contribution in [3.8, 4) is 0 Å². The molecule has 1 aromatic carbocycles. The van der Waals surface area contributed by atoms with E-state index in [1.54, 1.807) is 17.0 Å². The van der Waals surface area contributed by atoms with Gasteiger partial charge in [-0.05, 0) is 30.7 Å². The number of anilines is 1. The summed E-state index contributed by atoms with van der Waals surface area (Å²) < 4.78 is 11.7. The second-order valence-electron chi connectivity index (χ2n) is 6.32. The summed E-state index contributed by atoms with van der Waals surface area (Å²) >= 11 is 7.73. The molecule has 1 aliphatic heterocycles. The van der Waals surface area contributed by atoms with E-state index in [9.17, 15) is 4.79 Å². The van der Waals surface area contributed by atoms with Crippen LogP contribution in [-0.4, -0.2) is 55.2 Å². The quantitative estimate of drug-likeness (QED) is 0.622. The molecule has 3 heterocycles. The molecular formula is C19H20ClN3O3S. The van der Waals surface area contributed by atoms with Crippen LogP contribution in [0.4, 0.5) is 5.13 Å². The number of nitrogens with zero attached hydrogens (tertiary/aromatic N) is 3. The number of rotatable bonds is 6. The fourth-order valence-corrected chi connectivity index (χ4v) is 4.40. The van der Waals surface area contributed by atoms with E-state index >= 15 is 0 Å². The van der Waals surface area contributed by atoms with Crippen molar-refractivity contribution < 1.29 is 13.9 Å². The smallest absolute Gasteiger partial charge is 0.295 e. The predicted octanol–water partition coefficient (Wildman–Crippen LogP) is 3.91. The summed E-state index contributed by atoms with van der Waals surface area (Å²) in [7, 11) is 0. The van der Waals surface area contributed by atoms with Crippen molar-refractivity contribution in [2.45, 2.75) is 6.42 Å². The van der Waals surface area contributed by atoms with Gasteiger partial charge >= 0.3 is 0 Å². The highest BCUT2D eigenvalue weighted by molar-refractivity contribution is 7.22. The Labute approximate surface area is 166 Å². The zero-order valence-electron chi connectivity index (χ0n) is 14.8. The molecule has 1 amide bonds. The first kappa shape index (κ1) is 18.4. The molecule has 6 nitrogen and oxygen atoms in total. The summed E-state index contributed by atoms with van der Waals surface area (Å²) in [5.41, 5.74) is 0.726. The molecule has 8 heteroatoms. The molecule has 1 fully saturated rings. The number of furan rings is 1. The largest absolute Gasteiger partial charge is 0.459 e. The number of aromatic nitrogens is 1. The van der Waals surface area contributed by atoms with Crippen LogP contribution in [-0.2, 0) is 4.74 Å². The average molecular weight is 406 g/mol. The number of hydrogen-bond donors (Lipinski definition) is 0. The molecule has 2 aromatic heterocycles. The van der Waals surface area contributed by atoms with Crippen LogP contribution in [0.15, 0.2) is 41.0 Å². The topological polar surface area (TPSA) is 58.8 Å². The Hall–Kier alpha value is -1.93. The van der Waals surface area contributed by atoms with E-state index in [4.69, 9.17) is 20.8 Å². The van der Waals surface area contributed by atoms with Crippen LogP contribution in [0.2, 0.25) is 5.02 Å². The van der Waals surface area contributed by atoms with Crippen LogP contribution in [0.25, 0.3) is 10.2 Å². The van der Waals surface area contributed by atoms with Gasteiger partial charge in [0.25, 0.3) is 5.91 Å². The minimum atomic E-state index is -0.183. The minimum Gasteiger partial charge on any atom is -0.459 e. The molecule has 0 saturated carbocycles. The Morgan fingerprint density at radius 2 is 2.11 bits per heavy atom. The molecule has 0 atom stereocenters. The Morgan fingerprint density at radius 1 is 1.26 bits per heavy atom. The van der Waals surface area contributed by atoms with E-state index < -0.39 is 0 Å². The lowest BCUT2D eigenvalue weighted by molar-refractivity contribution is 0.0376. The molecule has 0 radical (unpaired) electrons. The minimum absolute atomic E-state index is 0.183. The summed E-state index contributed by atoms with van der Waals surface area (Å²) in [5, 5.41) is 1.23. The maximum absolute atomic E-state index is 13.0. The number of fused-ring (bicyclic) bond motifs is 1. The lowest BCUT2D eigenvalue weighted by Gasteiger charge is -2.27. The number of carbonyl (C=O) groups excluding carboxylic acids is 1. The van der Waals surface area contributed by atoms with Crippen molar-refractivity contribution >= 4 is 44.2 Å². The molecule has 0 N–H and O–H groups in total. The molecule has 1 saturated heterocycles. The lowest BCUT2D eigenvalue weighted by Crippen LogP contribution is -2.39. The number of ether oxygens (including phenoxy) is 1. The highest BCUT2D eigenvalue weighted by Gasteiger charge is 2.24. The fraction of sp³-hybridized carbons (Fsp3) is 0.368. The second kappa shape index (κ2) is 8.39. The Kier molecular flexibility index (Phi) is 5.73. The van der Waals surface area contributed by atoms with Crippen LogP contribution in [0.1, 0.15) is 17.0 Å². The second-order valence-corrected chi connectivity index (χ2v) is 7.74. The van der Waals surface area contributed by atoms with E-state index in [1.165, 1.54) is 17.6 Å². The Bertz CT molecular complexity index is 906. The zero-order valence-corrected chi connectivity index (χ0v) is 16.3. The molecule has 0 bridgehead atoms. The SMILES string of the molecule is O=C(c1ccco1)N(CCCN1CCOCC1)c1nc2c(Cl)cccc2s1. The molecule has 27 heavy (non-hydrogen) atoms. The van der Waals surface area contributed by atoms with Crippen LogP contribution in [0.5, 0.6) is 0 Å². The molecule has 0 unspecified atom stereocenters. The van der Waals surface area contributed by atoms with E-state index in [-0.39, 0.29) is 5.91 Å². The number of thiazole rings is 1. The van der Waals surface area contributed by atoms with Crippen molar-refractivity contribution in [2.75, 3.05) is 44.3 Å². The molecule has 1 aliphatic rings. The van der Waals surface area contributed by atoms with Crippen molar-refractivity contribution in [2.24, 2.45) is 0 Å². The number of amides is 1. The van der Waals surface area contributed by atoms with Crippen molar-refractivity contribution in [3.63, 3.8) is 0 Å². The van der Waals surface area contributed by atoms with Crippen molar-refractivity contribution in [1.29, 1.82) is 0 Å². The molecule has 3 aromatic rings. The van der Waals surface area contributed by atoms with Crippen LogP contribution in [0, 0.1) is 0 Å². The van der Waals surface area contributed by atoms with Gasteiger partial charge < -0.3 is 9.15 Å². The highest BCUT2D eigenvalue weighted by Crippen LogP contribution is 2.33. The molecule has 142 valence electrons. The number of para-hydroxylation sites is 1. The number of carbonyl (C=O) groups is 1. The van der Waals surface area contributed by atoms with Crippen LogP contribution < -0.4 is 4.90 Å². The first-order chi connectivity index (χ1) is 13.2. The maximum atomic E-state index is 13.0. The monoisotopic (exact) mass is 405 g/mol. The van der Waals surface area contributed by atoms with E-state index in [0.717, 1.165) is 49.5 Å². The van der Waals surface area contributed by atoms with Crippen molar-refractivity contribution in [1.82, 2.24) is 9.88 Å². The Balaban J connectivity index is 1.55. The first-order valence-electron chi connectivity index (χ1n) is 8.93. The molecule has 4 rings (SSSR count). The number of morpholine rings is 1. The summed E-state index contributed by atoms with van der Waals surface area (Å²) in [5.74, 6) is 0.129. The highest BCUT2D eigenvalue weighted by atomic mass is 35.5. The predicted molar refractivity (Wildman–Crippen MR) is 107 cm³/mol. The maximum Gasteiger partial charge on any atom is 0.295 e.